The highest BCUT2D eigenvalue weighted by molar-refractivity contribution is 7.92. The fourth-order valence-electron chi connectivity index (χ4n) is 3.18. The smallest absolute Gasteiger partial charge is 0.243 e. The maximum atomic E-state index is 13.1. The van der Waals surface area contributed by atoms with E-state index >= 15 is 0 Å². The number of nitrogens with zero attached hydrogens (tertiary/aromatic N) is 1. The number of sulfone groups is 1. The van der Waals surface area contributed by atoms with Crippen LogP contribution in [0.25, 0.3) is 0 Å². The zero-order valence-electron chi connectivity index (χ0n) is 13.1. The van der Waals surface area contributed by atoms with Gasteiger partial charge < -0.3 is 4.74 Å². The molecule has 0 unspecified atom stereocenters. The van der Waals surface area contributed by atoms with Crippen LogP contribution < -0.4 is 0 Å². The molecule has 0 radical (unpaired) electrons. The maximum Gasteiger partial charge on any atom is 0.243 e. The van der Waals surface area contributed by atoms with Gasteiger partial charge in [-0.1, -0.05) is 11.6 Å². The van der Waals surface area contributed by atoms with Crippen LogP contribution >= 0.6 is 11.6 Å². The Morgan fingerprint density at radius 1 is 1.21 bits per heavy atom. The van der Waals surface area contributed by atoms with Gasteiger partial charge in [0.15, 0.2) is 9.84 Å². The second-order valence-electron chi connectivity index (χ2n) is 6.22. The topological polar surface area (TPSA) is 80.8 Å². The van der Waals surface area contributed by atoms with Gasteiger partial charge in [-0.15, -0.1) is 0 Å². The standard InChI is InChI=1S/C15H20ClNO5S2/c16-12-3-5-15(6-4-12)24(20,21)17(10-14-2-1-8-22-14)13-7-9-23(18,19)11-13/h3-6,13-14H,1-2,7-11H2/t13-,14+/m0/s1. The van der Waals surface area contributed by atoms with Crippen molar-refractivity contribution in [2.75, 3.05) is 24.7 Å². The number of ether oxygens (including phenoxy) is 1. The van der Waals surface area contributed by atoms with E-state index in [9.17, 15) is 16.8 Å². The summed E-state index contributed by atoms with van der Waals surface area (Å²) in [6, 6.07) is 5.39. The molecule has 0 spiro atoms. The van der Waals surface area contributed by atoms with Gasteiger partial charge in [0.05, 0.1) is 22.5 Å². The van der Waals surface area contributed by atoms with E-state index < -0.39 is 25.9 Å². The summed E-state index contributed by atoms with van der Waals surface area (Å²) in [4.78, 5) is 0.120. The fraction of sp³-hybridized carbons (Fsp3) is 0.600. The average molecular weight is 394 g/mol. The van der Waals surface area contributed by atoms with Crippen molar-refractivity contribution in [3.8, 4) is 0 Å². The van der Waals surface area contributed by atoms with Crippen LogP contribution in [0.1, 0.15) is 19.3 Å². The Kier molecular flexibility index (Phi) is 5.22. The predicted molar refractivity (Wildman–Crippen MR) is 91.4 cm³/mol. The van der Waals surface area contributed by atoms with Crippen LogP contribution in [0.4, 0.5) is 0 Å². The highest BCUT2D eigenvalue weighted by atomic mass is 35.5. The molecule has 2 fully saturated rings. The van der Waals surface area contributed by atoms with Crippen LogP contribution in [0.2, 0.25) is 5.02 Å². The van der Waals surface area contributed by atoms with Gasteiger partial charge in [-0.2, -0.15) is 4.31 Å². The van der Waals surface area contributed by atoms with E-state index in [0.29, 0.717) is 18.1 Å². The van der Waals surface area contributed by atoms with Crippen LogP contribution in [0.5, 0.6) is 0 Å². The number of benzene rings is 1. The van der Waals surface area contributed by atoms with Crippen LogP contribution in [0.15, 0.2) is 29.2 Å². The fourth-order valence-corrected chi connectivity index (χ4v) is 6.81. The Labute approximate surface area is 147 Å². The normalized spacial score (nSPS) is 26.9. The lowest BCUT2D eigenvalue weighted by Gasteiger charge is -2.29. The molecule has 0 N–H and O–H groups in total. The minimum absolute atomic E-state index is 0.0236. The molecule has 0 amide bonds. The van der Waals surface area contributed by atoms with Gasteiger partial charge in [-0.25, -0.2) is 16.8 Å². The lowest BCUT2D eigenvalue weighted by Crippen LogP contribution is -2.45. The Balaban J connectivity index is 1.91. The molecule has 0 aliphatic carbocycles. The van der Waals surface area contributed by atoms with Crippen molar-refractivity contribution in [3.63, 3.8) is 0 Å². The molecular weight excluding hydrogens is 374 g/mol. The van der Waals surface area contributed by atoms with Gasteiger partial charge in [0.1, 0.15) is 0 Å². The van der Waals surface area contributed by atoms with Crippen molar-refractivity contribution in [1.29, 1.82) is 0 Å². The first-order chi connectivity index (χ1) is 11.3. The summed E-state index contributed by atoms with van der Waals surface area (Å²) in [5.74, 6) is -0.109. The third kappa shape index (κ3) is 3.94. The summed E-state index contributed by atoms with van der Waals surface area (Å²) in [7, 11) is -7.00. The summed E-state index contributed by atoms with van der Waals surface area (Å²) < 4.78 is 56.6. The molecule has 2 atom stereocenters. The number of rotatable bonds is 5. The van der Waals surface area contributed by atoms with Crippen molar-refractivity contribution in [2.45, 2.75) is 36.3 Å². The molecule has 0 saturated carbocycles. The zero-order valence-corrected chi connectivity index (χ0v) is 15.5. The van der Waals surface area contributed by atoms with E-state index in [4.69, 9.17) is 16.3 Å². The molecule has 0 bridgehead atoms. The number of hydrogen-bond donors (Lipinski definition) is 0. The molecule has 1 aromatic carbocycles. The molecule has 2 heterocycles. The first-order valence-electron chi connectivity index (χ1n) is 7.87. The van der Waals surface area contributed by atoms with Crippen molar-refractivity contribution in [3.05, 3.63) is 29.3 Å². The summed E-state index contributed by atoms with van der Waals surface area (Å²) in [5, 5.41) is 0.447. The molecule has 2 aliphatic heterocycles. The Morgan fingerprint density at radius 2 is 1.92 bits per heavy atom. The van der Waals surface area contributed by atoms with Crippen molar-refractivity contribution in [2.24, 2.45) is 0 Å². The van der Waals surface area contributed by atoms with E-state index in [2.05, 4.69) is 0 Å². The van der Waals surface area contributed by atoms with E-state index in [1.807, 2.05) is 0 Å². The first kappa shape index (κ1) is 18.1. The van der Waals surface area contributed by atoms with E-state index in [-0.39, 0.29) is 29.0 Å². The molecular formula is C15H20ClNO5S2. The Morgan fingerprint density at radius 3 is 2.46 bits per heavy atom. The minimum Gasteiger partial charge on any atom is -0.377 e. The third-order valence-electron chi connectivity index (χ3n) is 4.44. The Hall–Kier alpha value is -0.670. The van der Waals surface area contributed by atoms with Gasteiger partial charge in [0, 0.05) is 24.2 Å². The lowest BCUT2D eigenvalue weighted by atomic mass is 10.2. The highest BCUT2D eigenvalue weighted by Crippen LogP contribution is 2.28. The second-order valence-corrected chi connectivity index (χ2v) is 10.8. The van der Waals surface area contributed by atoms with E-state index in [0.717, 1.165) is 12.8 Å². The molecule has 2 aliphatic rings. The predicted octanol–water partition coefficient (Wildman–Crippen LogP) is 1.70. The van der Waals surface area contributed by atoms with E-state index in [1.165, 1.54) is 28.6 Å². The average Bonchev–Trinajstić information content (AvgIpc) is 3.14. The van der Waals surface area contributed by atoms with Gasteiger partial charge in [-0.3, -0.25) is 0 Å². The molecule has 0 aromatic heterocycles. The molecule has 1 aromatic rings. The van der Waals surface area contributed by atoms with Crippen LogP contribution in [-0.4, -0.2) is 57.9 Å². The summed E-state index contributed by atoms with van der Waals surface area (Å²) in [6.07, 6.45) is 1.81. The maximum absolute atomic E-state index is 13.1. The van der Waals surface area contributed by atoms with Crippen molar-refractivity contribution in [1.82, 2.24) is 4.31 Å². The van der Waals surface area contributed by atoms with Gasteiger partial charge in [0.2, 0.25) is 10.0 Å². The molecule has 3 rings (SSSR count). The second kappa shape index (κ2) is 6.92. The molecule has 134 valence electrons. The lowest BCUT2D eigenvalue weighted by molar-refractivity contribution is 0.0877. The van der Waals surface area contributed by atoms with Crippen LogP contribution in [0, 0.1) is 0 Å². The quantitative estimate of drug-likeness (QED) is 0.760. The molecule has 9 heteroatoms. The van der Waals surface area contributed by atoms with E-state index in [1.54, 1.807) is 0 Å². The zero-order chi connectivity index (χ0) is 17.4. The Bertz CT molecular complexity index is 786. The molecule has 6 nitrogen and oxygen atoms in total. The highest BCUT2D eigenvalue weighted by Gasteiger charge is 2.40. The van der Waals surface area contributed by atoms with Gasteiger partial charge in [0.25, 0.3) is 0 Å². The first-order valence-corrected chi connectivity index (χ1v) is 11.5. The van der Waals surface area contributed by atoms with Gasteiger partial charge in [-0.05, 0) is 43.5 Å². The number of sulfonamides is 1. The van der Waals surface area contributed by atoms with Crippen molar-refractivity contribution < 1.29 is 21.6 Å². The third-order valence-corrected chi connectivity index (χ3v) is 8.38. The summed E-state index contributed by atoms with van der Waals surface area (Å²) >= 11 is 5.84. The summed E-state index contributed by atoms with van der Waals surface area (Å²) in [5.41, 5.74) is 0. The van der Waals surface area contributed by atoms with Gasteiger partial charge >= 0.3 is 0 Å². The number of halogens is 1. The number of hydrogen-bond acceptors (Lipinski definition) is 5. The van der Waals surface area contributed by atoms with Crippen LogP contribution in [0.3, 0.4) is 0 Å². The minimum atomic E-state index is -3.81. The largest absolute Gasteiger partial charge is 0.377 e. The SMILES string of the molecule is O=S1(=O)CC[C@H](N(C[C@H]2CCCO2)S(=O)(=O)c2ccc(Cl)cc2)C1. The molecule has 2 saturated heterocycles. The summed E-state index contributed by atoms with van der Waals surface area (Å²) in [6.45, 7) is 0.799. The van der Waals surface area contributed by atoms with Crippen molar-refractivity contribution >= 4 is 31.5 Å². The monoisotopic (exact) mass is 393 g/mol. The molecule has 24 heavy (non-hydrogen) atoms. The van der Waals surface area contributed by atoms with Crippen LogP contribution in [-0.2, 0) is 24.6 Å².